The number of nitrogens with one attached hydrogen (secondary N) is 1. The quantitative estimate of drug-likeness (QED) is 0.763. The maximum Gasteiger partial charge on any atom is 0.271 e. The Hall–Kier alpha value is -2.83. The fourth-order valence-electron chi connectivity index (χ4n) is 2.78. The second kappa shape index (κ2) is 6.82. The van der Waals surface area contributed by atoms with E-state index in [0.29, 0.717) is 17.9 Å². The van der Waals surface area contributed by atoms with Crippen LogP contribution >= 0.6 is 0 Å². The van der Waals surface area contributed by atoms with E-state index >= 15 is 0 Å². The van der Waals surface area contributed by atoms with Crippen molar-refractivity contribution in [3.63, 3.8) is 0 Å². The number of fused-ring (bicyclic) bond motifs is 1. The Morgan fingerprint density at radius 3 is 2.62 bits per heavy atom. The summed E-state index contributed by atoms with van der Waals surface area (Å²) >= 11 is 0. The van der Waals surface area contributed by atoms with Gasteiger partial charge in [-0.2, -0.15) is 9.61 Å². The van der Waals surface area contributed by atoms with Gasteiger partial charge in [-0.3, -0.25) is 4.79 Å². The number of amides is 1. The van der Waals surface area contributed by atoms with Gasteiger partial charge in [-0.05, 0) is 29.7 Å². The van der Waals surface area contributed by atoms with Gasteiger partial charge >= 0.3 is 0 Å². The summed E-state index contributed by atoms with van der Waals surface area (Å²) in [6.45, 7) is 8.45. The van der Waals surface area contributed by atoms with Crippen molar-refractivity contribution >= 4 is 11.6 Å². The molecule has 0 atom stereocenters. The minimum absolute atomic E-state index is 0.187. The van der Waals surface area contributed by atoms with Gasteiger partial charge in [0.25, 0.3) is 5.91 Å². The van der Waals surface area contributed by atoms with Crippen LogP contribution in [0.4, 0.5) is 4.39 Å². The van der Waals surface area contributed by atoms with E-state index in [1.807, 2.05) is 27.7 Å². The summed E-state index contributed by atoms with van der Waals surface area (Å²) in [6, 6.07) is 8.08. The van der Waals surface area contributed by atoms with E-state index in [1.54, 1.807) is 18.2 Å². The van der Waals surface area contributed by atoms with Gasteiger partial charge in [0.2, 0.25) is 0 Å². The van der Waals surface area contributed by atoms with Gasteiger partial charge in [-0.25, -0.2) is 4.39 Å². The number of nitrogens with zero attached hydrogens (tertiary/aromatic N) is 4. The largest absolute Gasteiger partial charge is 0.350 e. The van der Waals surface area contributed by atoms with Gasteiger partial charge in [0.05, 0.1) is 0 Å². The first-order valence-corrected chi connectivity index (χ1v) is 8.53. The zero-order valence-corrected chi connectivity index (χ0v) is 15.3. The first kappa shape index (κ1) is 18.0. The maximum atomic E-state index is 13.1. The van der Waals surface area contributed by atoms with E-state index in [0.717, 1.165) is 11.1 Å². The fourth-order valence-corrected chi connectivity index (χ4v) is 2.78. The SMILES string of the molecule is CC(C)c1cc(C(=O)NCC(C)(C)c2ccc(F)cc2)nn2cnnc12. The number of aromatic nitrogens is 4. The van der Waals surface area contributed by atoms with Gasteiger partial charge in [-0.1, -0.05) is 39.8 Å². The molecular weight excluding hydrogens is 333 g/mol. The molecule has 136 valence electrons. The maximum absolute atomic E-state index is 13.1. The number of carbonyl (C=O) groups is 1. The molecule has 2 heterocycles. The molecular formula is C19H22FN5O. The molecule has 0 aliphatic rings. The second-order valence-electron chi connectivity index (χ2n) is 7.31. The van der Waals surface area contributed by atoms with Crippen LogP contribution in [-0.2, 0) is 5.41 Å². The molecule has 0 aliphatic carbocycles. The third-order valence-electron chi connectivity index (χ3n) is 4.47. The van der Waals surface area contributed by atoms with Crippen molar-refractivity contribution in [2.24, 2.45) is 0 Å². The summed E-state index contributed by atoms with van der Waals surface area (Å²) in [7, 11) is 0. The number of hydrogen-bond donors (Lipinski definition) is 1. The highest BCUT2D eigenvalue weighted by atomic mass is 19.1. The summed E-state index contributed by atoms with van der Waals surface area (Å²) in [5.74, 6) is -0.356. The average Bonchev–Trinajstić information content (AvgIpc) is 3.07. The Morgan fingerprint density at radius 2 is 1.96 bits per heavy atom. The van der Waals surface area contributed by atoms with Crippen LogP contribution < -0.4 is 5.32 Å². The van der Waals surface area contributed by atoms with E-state index in [1.165, 1.54) is 23.0 Å². The van der Waals surface area contributed by atoms with Gasteiger partial charge in [-0.15, -0.1) is 10.2 Å². The number of hydrogen-bond acceptors (Lipinski definition) is 4. The van der Waals surface area contributed by atoms with E-state index in [2.05, 4.69) is 20.6 Å². The van der Waals surface area contributed by atoms with Crippen LogP contribution in [0.2, 0.25) is 0 Å². The van der Waals surface area contributed by atoms with Crippen LogP contribution in [0.15, 0.2) is 36.7 Å². The molecule has 0 unspecified atom stereocenters. The smallest absolute Gasteiger partial charge is 0.271 e. The Kier molecular flexibility index (Phi) is 4.71. The monoisotopic (exact) mass is 355 g/mol. The summed E-state index contributed by atoms with van der Waals surface area (Å²) < 4.78 is 14.6. The van der Waals surface area contributed by atoms with Crippen molar-refractivity contribution in [2.45, 2.75) is 39.0 Å². The number of carbonyl (C=O) groups excluding carboxylic acids is 1. The first-order valence-electron chi connectivity index (χ1n) is 8.53. The van der Waals surface area contributed by atoms with Crippen molar-refractivity contribution in [3.8, 4) is 0 Å². The Morgan fingerprint density at radius 1 is 1.27 bits per heavy atom. The highest BCUT2D eigenvalue weighted by molar-refractivity contribution is 5.92. The highest BCUT2D eigenvalue weighted by Crippen LogP contribution is 2.23. The third-order valence-corrected chi connectivity index (χ3v) is 4.47. The molecule has 1 amide bonds. The van der Waals surface area contributed by atoms with Crippen molar-refractivity contribution in [1.82, 2.24) is 25.1 Å². The minimum Gasteiger partial charge on any atom is -0.350 e. The van der Waals surface area contributed by atoms with E-state index in [9.17, 15) is 9.18 Å². The van der Waals surface area contributed by atoms with Crippen molar-refractivity contribution in [3.05, 3.63) is 59.3 Å². The topological polar surface area (TPSA) is 72.2 Å². The summed E-state index contributed by atoms with van der Waals surface area (Å²) in [4.78, 5) is 12.6. The number of halogens is 1. The van der Waals surface area contributed by atoms with Gasteiger partial charge < -0.3 is 5.32 Å². The summed E-state index contributed by atoms with van der Waals surface area (Å²) in [5.41, 5.74) is 2.49. The van der Waals surface area contributed by atoms with E-state index < -0.39 is 0 Å². The standard InChI is InChI=1S/C19H22FN5O/c1-12(2)15-9-16(24-25-11-22-23-17(15)25)18(26)21-10-19(3,4)13-5-7-14(20)8-6-13/h5-9,11-12H,10H2,1-4H3,(H,21,26). The number of rotatable bonds is 5. The van der Waals surface area contributed by atoms with Crippen LogP contribution in [0.1, 0.15) is 55.2 Å². The molecule has 0 radical (unpaired) electrons. The Balaban J connectivity index is 1.79. The molecule has 0 spiro atoms. The van der Waals surface area contributed by atoms with Gasteiger partial charge in [0, 0.05) is 17.5 Å². The fraction of sp³-hybridized carbons (Fsp3) is 0.368. The van der Waals surface area contributed by atoms with Crippen molar-refractivity contribution < 1.29 is 9.18 Å². The highest BCUT2D eigenvalue weighted by Gasteiger charge is 2.23. The number of benzene rings is 1. The lowest BCUT2D eigenvalue weighted by molar-refractivity contribution is 0.0939. The minimum atomic E-state index is -0.342. The summed E-state index contributed by atoms with van der Waals surface area (Å²) in [6.07, 6.45) is 1.49. The Labute approximate surface area is 151 Å². The van der Waals surface area contributed by atoms with Crippen LogP contribution in [0.3, 0.4) is 0 Å². The molecule has 0 bridgehead atoms. The molecule has 7 heteroatoms. The lowest BCUT2D eigenvalue weighted by atomic mass is 9.84. The van der Waals surface area contributed by atoms with Crippen LogP contribution in [0.5, 0.6) is 0 Å². The van der Waals surface area contributed by atoms with Gasteiger partial charge in [0.1, 0.15) is 17.8 Å². The zero-order chi connectivity index (χ0) is 18.9. The molecule has 26 heavy (non-hydrogen) atoms. The normalized spacial score (nSPS) is 11.9. The lowest BCUT2D eigenvalue weighted by Crippen LogP contribution is -2.37. The third kappa shape index (κ3) is 3.56. The second-order valence-corrected chi connectivity index (χ2v) is 7.31. The van der Waals surface area contributed by atoms with Crippen LogP contribution in [0.25, 0.3) is 5.65 Å². The molecule has 0 saturated carbocycles. The van der Waals surface area contributed by atoms with Crippen molar-refractivity contribution in [2.75, 3.05) is 6.54 Å². The molecule has 0 aliphatic heterocycles. The molecule has 6 nitrogen and oxygen atoms in total. The molecule has 0 fully saturated rings. The first-order chi connectivity index (χ1) is 12.3. The molecule has 2 aromatic heterocycles. The van der Waals surface area contributed by atoms with E-state index in [4.69, 9.17) is 0 Å². The molecule has 0 saturated heterocycles. The van der Waals surface area contributed by atoms with E-state index in [-0.39, 0.29) is 23.1 Å². The Bertz CT molecular complexity index is 931. The predicted octanol–water partition coefficient (Wildman–Crippen LogP) is 3.09. The average molecular weight is 355 g/mol. The molecule has 1 N–H and O–H groups in total. The van der Waals surface area contributed by atoms with Gasteiger partial charge in [0.15, 0.2) is 5.65 Å². The lowest BCUT2D eigenvalue weighted by Gasteiger charge is -2.25. The zero-order valence-electron chi connectivity index (χ0n) is 15.3. The molecule has 3 rings (SSSR count). The summed E-state index contributed by atoms with van der Waals surface area (Å²) in [5, 5.41) is 15.1. The van der Waals surface area contributed by atoms with Crippen molar-refractivity contribution in [1.29, 1.82) is 0 Å². The van der Waals surface area contributed by atoms with Crippen LogP contribution in [0, 0.1) is 5.82 Å². The van der Waals surface area contributed by atoms with Crippen LogP contribution in [-0.4, -0.2) is 32.3 Å². The molecule has 3 aromatic rings. The molecule has 1 aromatic carbocycles. The predicted molar refractivity (Wildman–Crippen MR) is 96.6 cm³/mol.